The first-order chi connectivity index (χ1) is 7.90. The number of carboxylic acid groups (broad SMARTS) is 1. The molecule has 0 atom stereocenters. The van der Waals surface area contributed by atoms with Crippen LogP contribution < -0.4 is 5.32 Å². The average Bonchev–Trinajstić information content (AvgIpc) is 2.19. The quantitative estimate of drug-likeness (QED) is 0.848. The van der Waals surface area contributed by atoms with Gasteiger partial charge < -0.3 is 10.4 Å². The second-order valence-corrected chi connectivity index (χ2v) is 4.15. The van der Waals surface area contributed by atoms with Crippen molar-refractivity contribution in [1.82, 2.24) is 0 Å². The Balaban J connectivity index is 2.82. The summed E-state index contributed by atoms with van der Waals surface area (Å²) in [4.78, 5) is 22.1. The molecule has 0 saturated heterocycles. The Labute approximate surface area is 98.5 Å². The van der Waals surface area contributed by atoms with Crippen LogP contribution in [0.2, 0.25) is 0 Å². The van der Waals surface area contributed by atoms with E-state index in [0.717, 1.165) is 12.1 Å². The van der Waals surface area contributed by atoms with Gasteiger partial charge in [0.05, 0.1) is 5.56 Å². The molecule has 0 aliphatic rings. The summed E-state index contributed by atoms with van der Waals surface area (Å²) < 4.78 is 13.1. The van der Waals surface area contributed by atoms with E-state index in [1.807, 2.05) is 13.8 Å². The number of rotatable bonds is 4. The summed E-state index contributed by atoms with van der Waals surface area (Å²) in [7, 11) is 0. The van der Waals surface area contributed by atoms with Gasteiger partial charge in [-0.1, -0.05) is 13.8 Å². The van der Waals surface area contributed by atoms with Crippen molar-refractivity contribution in [2.45, 2.75) is 20.3 Å². The zero-order chi connectivity index (χ0) is 13.0. The Morgan fingerprint density at radius 3 is 2.59 bits per heavy atom. The topological polar surface area (TPSA) is 66.4 Å². The Hall–Kier alpha value is -1.91. The van der Waals surface area contributed by atoms with Gasteiger partial charge in [-0.2, -0.15) is 0 Å². The number of benzene rings is 1. The molecule has 4 nitrogen and oxygen atoms in total. The highest BCUT2D eigenvalue weighted by Crippen LogP contribution is 2.15. The number of carboxylic acids is 1. The largest absolute Gasteiger partial charge is 0.478 e. The van der Waals surface area contributed by atoms with Gasteiger partial charge >= 0.3 is 5.97 Å². The predicted octanol–water partition coefficient (Wildman–Crippen LogP) is 2.51. The average molecular weight is 239 g/mol. The smallest absolute Gasteiger partial charge is 0.338 e. The van der Waals surface area contributed by atoms with Gasteiger partial charge in [0.2, 0.25) is 5.91 Å². The summed E-state index contributed by atoms with van der Waals surface area (Å²) in [6, 6.07) is 3.46. The number of hydrogen-bond acceptors (Lipinski definition) is 2. The second kappa shape index (κ2) is 5.43. The Morgan fingerprint density at radius 2 is 2.06 bits per heavy atom. The molecule has 92 valence electrons. The third-order valence-corrected chi connectivity index (χ3v) is 2.07. The van der Waals surface area contributed by atoms with Crippen molar-refractivity contribution in [2.75, 3.05) is 5.32 Å². The van der Waals surface area contributed by atoms with E-state index in [1.165, 1.54) is 6.07 Å². The van der Waals surface area contributed by atoms with Crippen LogP contribution in [0.25, 0.3) is 0 Å². The van der Waals surface area contributed by atoms with Crippen molar-refractivity contribution < 1.29 is 19.1 Å². The molecule has 0 heterocycles. The fourth-order valence-corrected chi connectivity index (χ4v) is 1.35. The maximum absolute atomic E-state index is 13.1. The summed E-state index contributed by atoms with van der Waals surface area (Å²) in [5, 5.41) is 11.2. The molecule has 5 heteroatoms. The molecule has 1 amide bonds. The van der Waals surface area contributed by atoms with E-state index in [-0.39, 0.29) is 17.5 Å². The van der Waals surface area contributed by atoms with Gasteiger partial charge in [-0.3, -0.25) is 4.79 Å². The van der Waals surface area contributed by atoms with Crippen molar-refractivity contribution in [3.63, 3.8) is 0 Å². The first-order valence-electron chi connectivity index (χ1n) is 5.23. The predicted molar refractivity (Wildman–Crippen MR) is 61.4 cm³/mol. The minimum Gasteiger partial charge on any atom is -0.478 e. The molecular weight excluding hydrogens is 225 g/mol. The number of aromatic carboxylic acids is 1. The minimum atomic E-state index is -1.36. The van der Waals surface area contributed by atoms with E-state index >= 15 is 0 Å². The van der Waals surface area contributed by atoms with Crippen LogP contribution in [-0.2, 0) is 4.79 Å². The zero-order valence-electron chi connectivity index (χ0n) is 9.66. The van der Waals surface area contributed by atoms with E-state index in [9.17, 15) is 14.0 Å². The van der Waals surface area contributed by atoms with Crippen molar-refractivity contribution in [3.8, 4) is 0 Å². The number of halogens is 1. The molecule has 1 rings (SSSR count). The molecule has 0 unspecified atom stereocenters. The number of nitrogens with one attached hydrogen (secondary N) is 1. The van der Waals surface area contributed by atoms with Gasteiger partial charge in [-0.25, -0.2) is 9.18 Å². The van der Waals surface area contributed by atoms with E-state index in [2.05, 4.69) is 5.32 Å². The van der Waals surface area contributed by atoms with Gasteiger partial charge in [-0.15, -0.1) is 0 Å². The van der Waals surface area contributed by atoms with Gasteiger partial charge in [0, 0.05) is 12.1 Å². The van der Waals surface area contributed by atoms with Crippen molar-refractivity contribution in [3.05, 3.63) is 29.6 Å². The molecule has 0 bridgehead atoms. The summed E-state index contributed by atoms with van der Waals surface area (Å²) >= 11 is 0. The zero-order valence-corrected chi connectivity index (χ0v) is 9.66. The Kier molecular flexibility index (Phi) is 4.20. The monoisotopic (exact) mass is 239 g/mol. The lowest BCUT2D eigenvalue weighted by Crippen LogP contribution is -2.14. The van der Waals surface area contributed by atoms with E-state index in [0.29, 0.717) is 6.42 Å². The maximum Gasteiger partial charge on any atom is 0.338 e. The number of carbonyl (C=O) groups is 2. The molecular formula is C12H14FNO3. The first kappa shape index (κ1) is 13.2. The molecule has 17 heavy (non-hydrogen) atoms. The standard InChI is InChI=1S/C12H14FNO3/c1-7(2)5-11(15)14-8-3-4-10(13)9(6-8)12(16)17/h3-4,6-7H,5H2,1-2H3,(H,14,15)(H,16,17). The van der Waals surface area contributed by atoms with E-state index in [1.54, 1.807) is 0 Å². The Morgan fingerprint density at radius 1 is 1.41 bits per heavy atom. The summed E-state index contributed by atoms with van der Waals surface area (Å²) in [5.41, 5.74) is -0.165. The molecule has 0 aromatic heterocycles. The lowest BCUT2D eigenvalue weighted by atomic mass is 10.1. The molecule has 0 aliphatic carbocycles. The van der Waals surface area contributed by atoms with Crippen LogP contribution in [0.15, 0.2) is 18.2 Å². The first-order valence-corrected chi connectivity index (χ1v) is 5.23. The molecule has 0 saturated carbocycles. The van der Waals surface area contributed by atoms with Crippen LogP contribution in [0, 0.1) is 11.7 Å². The summed E-state index contributed by atoms with van der Waals surface area (Å²) in [5.74, 6) is -2.20. The fourth-order valence-electron chi connectivity index (χ4n) is 1.35. The molecule has 1 aromatic rings. The van der Waals surface area contributed by atoms with E-state index in [4.69, 9.17) is 5.11 Å². The van der Waals surface area contributed by atoms with Gasteiger partial charge in [0.25, 0.3) is 0 Å². The third-order valence-electron chi connectivity index (χ3n) is 2.07. The maximum atomic E-state index is 13.1. The number of amides is 1. The minimum absolute atomic E-state index is 0.203. The van der Waals surface area contributed by atoms with Crippen molar-refractivity contribution >= 4 is 17.6 Å². The third kappa shape index (κ3) is 3.86. The van der Waals surface area contributed by atoms with Crippen LogP contribution >= 0.6 is 0 Å². The van der Waals surface area contributed by atoms with Gasteiger partial charge in [0.1, 0.15) is 5.82 Å². The van der Waals surface area contributed by atoms with Crippen LogP contribution in [0.1, 0.15) is 30.6 Å². The number of hydrogen-bond donors (Lipinski definition) is 2. The van der Waals surface area contributed by atoms with Gasteiger partial charge in [-0.05, 0) is 24.1 Å². The van der Waals surface area contributed by atoms with E-state index < -0.39 is 17.3 Å². The summed E-state index contributed by atoms with van der Waals surface area (Å²) in [6.45, 7) is 3.79. The Bertz CT molecular complexity index is 443. The molecule has 0 aliphatic heterocycles. The van der Waals surface area contributed by atoms with Crippen molar-refractivity contribution in [1.29, 1.82) is 0 Å². The molecule has 1 aromatic carbocycles. The van der Waals surface area contributed by atoms with Gasteiger partial charge in [0.15, 0.2) is 0 Å². The lowest BCUT2D eigenvalue weighted by Gasteiger charge is -2.08. The number of carbonyl (C=O) groups excluding carboxylic acids is 1. The molecule has 2 N–H and O–H groups in total. The normalized spacial score (nSPS) is 10.4. The molecule has 0 spiro atoms. The van der Waals surface area contributed by atoms with Crippen LogP contribution in [-0.4, -0.2) is 17.0 Å². The van der Waals surface area contributed by atoms with Crippen LogP contribution in [0.3, 0.4) is 0 Å². The second-order valence-electron chi connectivity index (χ2n) is 4.15. The molecule has 0 radical (unpaired) electrons. The number of anilines is 1. The fraction of sp³-hybridized carbons (Fsp3) is 0.333. The highest BCUT2D eigenvalue weighted by molar-refractivity contribution is 5.94. The molecule has 0 fully saturated rings. The highest BCUT2D eigenvalue weighted by Gasteiger charge is 2.12. The lowest BCUT2D eigenvalue weighted by molar-refractivity contribution is -0.116. The van der Waals surface area contributed by atoms with Crippen LogP contribution in [0.4, 0.5) is 10.1 Å². The van der Waals surface area contributed by atoms with Crippen LogP contribution in [0.5, 0.6) is 0 Å². The van der Waals surface area contributed by atoms with Crippen molar-refractivity contribution in [2.24, 2.45) is 5.92 Å². The summed E-state index contributed by atoms with van der Waals surface area (Å²) in [6.07, 6.45) is 0.333. The highest BCUT2D eigenvalue weighted by atomic mass is 19.1. The SMILES string of the molecule is CC(C)CC(=O)Nc1ccc(F)c(C(=O)O)c1.